The van der Waals surface area contributed by atoms with Gasteiger partial charge in [0.2, 0.25) is 11.9 Å². The Labute approximate surface area is 153 Å². The smallest absolute Gasteiger partial charge is 0.230 e. The number of benzene rings is 1. The van der Waals surface area contributed by atoms with Crippen LogP contribution < -0.4 is 10.1 Å². The SMILES string of the molecule is CCOc1ccc2nc(Nc3nc(C)c4c(n3)CCCC4)nc(C)c2c1. The lowest BCUT2D eigenvalue weighted by Gasteiger charge is -2.17. The van der Waals surface area contributed by atoms with E-state index in [0.717, 1.165) is 46.6 Å². The Kier molecular flexibility index (Phi) is 4.41. The number of anilines is 2. The molecule has 0 fully saturated rings. The molecule has 1 aromatic carbocycles. The van der Waals surface area contributed by atoms with Crippen molar-refractivity contribution >= 4 is 22.8 Å². The van der Waals surface area contributed by atoms with Crippen molar-refractivity contribution in [1.82, 2.24) is 19.9 Å². The summed E-state index contributed by atoms with van der Waals surface area (Å²) in [7, 11) is 0. The summed E-state index contributed by atoms with van der Waals surface area (Å²) in [4.78, 5) is 18.5. The summed E-state index contributed by atoms with van der Waals surface area (Å²) in [5.41, 5.74) is 5.29. The van der Waals surface area contributed by atoms with Crippen molar-refractivity contribution in [2.24, 2.45) is 0 Å². The van der Waals surface area contributed by atoms with Crippen LogP contribution >= 0.6 is 0 Å². The Balaban J connectivity index is 1.67. The third kappa shape index (κ3) is 3.19. The summed E-state index contributed by atoms with van der Waals surface area (Å²) in [5, 5.41) is 4.18. The van der Waals surface area contributed by atoms with Crippen LogP contribution in [0.4, 0.5) is 11.9 Å². The van der Waals surface area contributed by atoms with Crippen molar-refractivity contribution < 1.29 is 4.74 Å². The predicted octanol–water partition coefficient (Wildman–Crippen LogP) is 4.06. The molecule has 3 aromatic rings. The van der Waals surface area contributed by atoms with Crippen LogP contribution in [0.1, 0.15) is 42.4 Å². The molecule has 1 N–H and O–H groups in total. The molecule has 1 aliphatic carbocycles. The number of hydrogen-bond donors (Lipinski definition) is 1. The van der Waals surface area contributed by atoms with Crippen LogP contribution in [0.3, 0.4) is 0 Å². The van der Waals surface area contributed by atoms with Gasteiger partial charge >= 0.3 is 0 Å². The number of aryl methyl sites for hydroxylation is 3. The first-order valence-electron chi connectivity index (χ1n) is 9.18. The van der Waals surface area contributed by atoms with Crippen LogP contribution in [0, 0.1) is 13.8 Å². The second-order valence-electron chi connectivity index (χ2n) is 6.63. The molecule has 134 valence electrons. The average Bonchev–Trinajstić information content (AvgIpc) is 2.63. The molecule has 6 nitrogen and oxygen atoms in total. The zero-order valence-electron chi connectivity index (χ0n) is 15.5. The minimum atomic E-state index is 0.523. The summed E-state index contributed by atoms with van der Waals surface area (Å²) in [6, 6.07) is 5.87. The van der Waals surface area contributed by atoms with E-state index >= 15 is 0 Å². The van der Waals surface area contributed by atoms with Crippen LogP contribution in [0.25, 0.3) is 10.9 Å². The van der Waals surface area contributed by atoms with Gasteiger partial charge in [-0.3, -0.25) is 5.32 Å². The zero-order valence-corrected chi connectivity index (χ0v) is 15.5. The van der Waals surface area contributed by atoms with Crippen molar-refractivity contribution in [1.29, 1.82) is 0 Å². The maximum Gasteiger partial charge on any atom is 0.230 e. The first-order valence-corrected chi connectivity index (χ1v) is 9.18. The lowest BCUT2D eigenvalue weighted by Crippen LogP contribution is -2.12. The molecular formula is C20H23N5O. The highest BCUT2D eigenvalue weighted by molar-refractivity contribution is 5.83. The highest BCUT2D eigenvalue weighted by atomic mass is 16.5. The van der Waals surface area contributed by atoms with E-state index in [0.29, 0.717) is 18.5 Å². The number of ether oxygens (including phenoxy) is 1. The highest BCUT2D eigenvalue weighted by Crippen LogP contribution is 2.26. The van der Waals surface area contributed by atoms with Gasteiger partial charge in [-0.2, -0.15) is 0 Å². The average molecular weight is 349 g/mol. The normalized spacial score (nSPS) is 13.5. The molecule has 26 heavy (non-hydrogen) atoms. The molecule has 0 atom stereocenters. The maximum absolute atomic E-state index is 5.57. The molecule has 4 rings (SSSR count). The van der Waals surface area contributed by atoms with E-state index in [9.17, 15) is 0 Å². The minimum absolute atomic E-state index is 0.523. The van der Waals surface area contributed by atoms with Crippen molar-refractivity contribution in [2.45, 2.75) is 46.5 Å². The van der Waals surface area contributed by atoms with Crippen LogP contribution in [0.5, 0.6) is 5.75 Å². The molecule has 0 bridgehead atoms. The number of nitrogens with zero attached hydrogens (tertiary/aromatic N) is 4. The minimum Gasteiger partial charge on any atom is -0.494 e. The van der Waals surface area contributed by atoms with E-state index in [1.54, 1.807) is 0 Å². The molecule has 2 aromatic heterocycles. The summed E-state index contributed by atoms with van der Waals surface area (Å²) in [6.07, 6.45) is 4.51. The fourth-order valence-electron chi connectivity index (χ4n) is 3.51. The Morgan fingerprint density at radius 1 is 0.962 bits per heavy atom. The topological polar surface area (TPSA) is 72.8 Å². The van der Waals surface area contributed by atoms with Gasteiger partial charge in [-0.25, -0.2) is 19.9 Å². The summed E-state index contributed by atoms with van der Waals surface area (Å²) < 4.78 is 5.57. The highest BCUT2D eigenvalue weighted by Gasteiger charge is 2.16. The van der Waals surface area contributed by atoms with E-state index in [-0.39, 0.29) is 0 Å². The Morgan fingerprint density at radius 2 is 1.73 bits per heavy atom. The number of fused-ring (bicyclic) bond motifs is 2. The van der Waals surface area contributed by atoms with Crippen molar-refractivity contribution in [2.75, 3.05) is 11.9 Å². The lowest BCUT2D eigenvalue weighted by molar-refractivity contribution is 0.340. The standard InChI is InChI=1S/C20H23N5O/c1-4-26-14-9-10-18-16(11-14)13(3)22-20(24-18)25-19-21-12(2)15-7-5-6-8-17(15)23-19/h9-11H,4-8H2,1-3H3,(H,21,22,23,24,25). The van der Waals surface area contributed by atoms with Crippen LogP contribution in [-0.2, 0) is 12.8 Å². The lowest BCUT2D eigenvalue weighted by atomic mass is 9.95. The van der Waals surface area contributed by atoms with E-state index in [4.69, 9.17) is 9.72 Å². The first-order chi connectivity index (χ1) is 12.6. The molecule has 0 amide bonds. The maximum atomic E-state index is 5.57. The molecular weight excluding hydrogens is 326 g/mol. The van der Waals surface area contributed by atoms with Crippen molar-refractivity contribution in [3.05, 3.63) is 40.8 Å². The van der Waals surface area contributed by atoms with Gasteiger partial charge in [0.15, 0.2) is 0 Å². The molecule has 0 saturated carbocycles. The van der Waals surface area contributed by atoms with Crippen molar-refractivity contribution in [3.63, 3.8) is 0 Å². The Morgan fingerprint density at radius 3 is 2.58 bits per heavy atom. The molecule has 0 saturated heterocycles. The van der Waals surface area contributed by atoms with E-state index in [2.05, 4.69) is 27.2 Å². The molecule has 0 unspecified atom stereocenters. The summed E-state index contributed by atoms with van der Waals surface area (Å²) >= 11 is 0. The number of aromatic nitrogens is 4. The quantitative estimate of drug-likeness (QED) is 0.766. The molecule has 2 heterocycles. The van der Waals surface area contributed by atoms with Gasteiger partial charge < -0.3 is 4.74 Å². The number of rotatable bonds is 4. The van der Waals surface area contributed by atoms with Crippen LogP contribution in [0.15, 0.2) is 18.2 Å². The molecule has 0 aliphatic heterocycles. The second kappa shape index (κ2) is 6.86. The zero-order chi connectivity index (χ0) is 18.1. The van der Waals surface area contributed by atoms with E-state index in [1.807, 2.05) is 32.0 Å². The Bertz CT molecular complexity index is 970. The van der Waals surface area contributed by atoms with Gasteiger partial charge in [-0.1, -0.05) is 0 Å². The molecule has 6 heteroatoms. The first kappa shape index (κ1) is 16.7. The second-order valence-corrected chi connectivity index (χ2v) is 6.63. The van der Waals surface area contributed by atoms with Gasteiger partial charge in [0.1, 0.15) is 5.75 Å². The van der Waals surface area contributed by atoms with Gasteiger partial charge in [0, 0.05) is 16.8 Å². The van der Waals surface area contributed by atoms with Crippen molar-refractivity contribution in [3.8, 4) is 5.75 Å². The van der Waals surface area contributed by atoms with Crippen LogP contribution in [0.2, 0.25) is 0 Å². The fourth-order valence-corrected chi connectivity index (χ4v) is 3.51. The largest absolute Gasteiger partial charge is 0.494 e. The third-order valence-electron chi connectivity index (χ3n) is 4.78. The Hall–Kier alpha value is -2.76. The molecule has 0 spiro atoms. The third-order valence-corrected chi connectivity index (χ3v) is 4.78. The molecule has 1 aliphatic rings. The van der Waals surface area contributed by atoms with Gasteiger partial charge in [0.05, 0.1) is 17.8 Å². The number of nitrogens with one attached hydrogen (secondary N) is 1. The molecule has 0 radical (unpaired) electrons. The van der Waals surface area contributed by atoms with Gasteiger partial charge in [0.25, 0.3) is 0 Å². The fraction of sp³-hybridized carbons (Fsp3) is 0.400. The van der Waals surface area contributed by atoms with Crippen LogP contribution in [-0.4, -0.2) is 26.5 Å². The summed E-state index contributed by atoms with van der Waals surface area (Å²) in [5.74, 6) is 1.93. The summed E-state index contributed by atoms with van der Waals surface area (Å²) in [6.45, 7) is 6.64. The van der Waals surface area contributed by atoms with Gasteiger partial charge in [-0.05, 0) is 70.2 Å². The van der Waals surface area contributed by atoms with E-state index in [1.165, 1.54) is 18.4 Å². The predicted molar refractivity (Wildman–Crippen MR) is 102 cm³/mol. The van der Waals surface area contributed by atoms with Gasteiger partial charge in [-0.15, -0.1) is 0 Å². The van der Waals surface area contributed by atoms with E-state index < -0.39 is 0 Å². The number of hydrogen-bond acceptors (Lipinski definition) is 6. The monoisotopic (exact) mass is 349 g/mol.